The van der Waals surface area contributed by atoms with Crippen LogP contribution in [0.1, 0.15) is 17.5 Å². The summed E-state index contributed by atoms with van der Waals surface area (Å²) in [6, 6.07) is 20.6. The van der Waals surface area contributed by atoms with E-state index >= 15 is 0 Å². The van der Waals surface area contributed by atoms with Crippen molar-refractivity contribution in [3.8, 4) is 22.8 Å². The minimum absolute atomic E-state index is 0.238. The van der Waals surface area contributed by atoms with E-state index in [0.717, 1.165) is 35.4 Å². The summed E-state index contributed by atoms with van der Waals surface area (Å²) in [5, 5.41) is 7.12. The van der Waals surface area contributed by atoms with E-state index in [4.69, 9.17) is 24.3 Å². The quantitative estimate of drug-likeness (QED) is 0.312. The summed E-state index contributed by atoms with van der Waals surface area (Å²) in [5.74, 6) is 1.39. The number of aryl methyl sites for hydroxylation is 1. The number of thiazole rings is 1. The number of morpholine rings is 1. The van der Waals surface area contributed by atoms with Gasteiger partial charge in [-0.1, -0.05) is 24.3 Å². The lowest BCUT2D eigenvalue weighted by atomic mass is 10.1. The first-order valence-electron chi connectivity index (χ1n) is 13.3. The summed E-state index contributed by atoms with van der Waals surface area (Å²) < 4.78 is 46.0. The second-order valence-electron chi connectivity index (χ2n) is 9.61. The van der Waals surface area contributed by atoms with Gasteiger partial charge >= 0.3 is 0 Å². The summed E-state index contributed by atoms with van der Waals surface area (Å²) in [6.07, 6.45) is 1.76. The van der Waals surface area contributed by atoms with Gasteiger partial charge in [-0.15, -0.1) is 11.3 Å². The highest BCUT2D eigenvalue weighted by atomic mass is 32.2. The highest BCUT2D eigenvalue weighted by Crippen LogP contribution is 2.34. The van der Waals surface area contributed by atoms with Crippen LogP contribution in [0.15, 0.2) is 87.1 Å². The zero-order valence-corrected chi connectivity index (χ0v) is 24.5. The molecular weight excluding hydrogens is 560 g/mol. The van der Waals surface area contributed by atoms with Crippen molar-refractivity contribution in [1.29, 1.82) is 0 Å². The Morgan fingerprint density at radius 1 is 0.902 bits per heavy atom. The van der Waals surface area contributed by atoms with E-state index in [2.05, 4.69) is 18.2 Å². The van der Waals surface area contributed by atoms with Crippen LogP contribution in [0.2, 0.25) is 0 Å². The first kappa shape index (κ1) is 27.4. The molecule has 4 aromatic rings. The van der Waals surface area contributed by atoms with Gasteiger partial charge in [-0.3, -0.25) is 0 Å². The third-order valence-electron chi connectivity index (χ3n) is 7.22. The van der Waals surface area contributed by atoms with E-state index in [1.165, 1.54) is 21.2 Å². The van der Waals surface area contributed by atoms with Gasteiger partial charge in [0.2, 0.25) is 14.8 Å². The fourth-order valence-electron chi connectivity index (χ4n) is 5.04. The lowest BCUT2D eigenvalue weighted by Crippen LogP contribution is -2.40. The maximum Gasteiger partial charge on any atom is 0.243 e. The fourth-order valence-corrected chi connectivity index (χ4v) is 7.29. The molecule has 0 bridgehead atoms. The molecule has 3 aromatic carbocycles. The first-order valence-corrected chi connectivity index (χ1v) is 15.6. The molecule has 1 aromatic heterocycles. The number of sulfonamides is 1. The van der Waals surface area contributed by atoms with Crippen LogP contribution in [-0.4, -0.2) is 63.6 Å². The molecule has 1 aliphatic heterocycles. The number of hydrogen-bond acceptors (Lipinski definition) is 8. The van der Waals surface area contributed by atoms with Crippen LogP contribution < -0.4 is 14.3 Å². The Kier molecular flexibility index (Phi) is 7.76. The van der Waals surface area contributed by atoms with Crippen LogP contribution in [0.5, 0.6) is 11.5 Å². The third-order valence-corrected chi connectivity index (χ3v) is 9.95. The highest BCUT2D eigenvalue weighted by molar-refractivity contribution is 7.89. The molecule has 2 aliphatic rings. The summed E-state index contributed by atoms with van der Waals surface area (Å²) in [6.45, 7) is 1.50. The Morgan fingerprint density at radius 2 is 1.68 bits per heavy atom. The number of hydrogen-bond donors (Lipinski definition) is 0. The van der Waals surface area contributed by atoms with Gasteiger partial charge in [-0.05, 0) is 60.9 Å². The Bertz CT molecular complexity index is 1770. The van der Waals surface area contributed by atoms with E-state index < -0.39 is 10.0 Å². The van der Waals surface area contributed by atoms with E-state index in [0.29, 0.717) is 48.3 Å². The number of methoxy groups -OCH3 is 2. The molecule has 1 aliphatic carbocycles. The number of fused-ring (bicyclic) bond motifs is 1. The molecule has 1 saturated heterocycles. The minimum atomic E-state index is -3.59. The topological polar surface area (TPSA) is 94.7 Å². The molecule has 11 heteroatoms. The van der Waals surface area contributed by atoms with Gasteiger partial charge in [0.05, 0.1) is 49.4 Å². The van der Waals surface area contributed by atoms with Gasteiger partial charge in [0.15, 0.2) is 0 Å². The number of aromatic nitrogens is 1. The second kappa shape index (κ2) is 11.6. The predicted octanol–water partition coefficient (Wildman–Crippen LogP) is 4.69. The molecule has 0 atom stereocenters. The van der Waals surface area contributed by atoms with Crippen LogP contribution >= 0.6 is 11.3 Å². The molecule has 0 amide bonds. The molecule has 0 saturated carbocycles. The van der Waals surface area contributed by atoms with Gasteiger partial charge in [-0.25, -0.2) is 18.1 Å². The summed E-state index contributed by atoms with van der Waals surface area (Å²) >= 11 is 1.45. The molecule has 41 heavy (non-hydrogen) atoms. The largest absolute Gasteiger partial charge is 0.497 e. The maximum absolute atomic E-state index is 13.1. The van der Waals surface area contributed by atoms with Crippen LogP contribution in [0.25, 0.3) is 11.3 Å². The van der Waals surface area contributed by atoms with Gasteiger partial charge in [0.25, 0.3) is 0 Å². The average molecular weight is 591 g/mol. The van der Waals surface area contributed by atoms with E-state index in [1.54, 1.807) is 38.5 Å². The van der Waals surface area contributed by atoms with Gasteiger partial charge in [0, 0.05) is 29.6 Å². The Labute approximate surface area is 243 Å². The van der Waals surface area contributed by atoms with Crippen molar-refractivity contribution >= 4 is 32.8 Å². The maximum atomic E-state index is 13.1. The summed E-state index contributed by atoms with van der Waals surface area (Å²) in [7, 11) is -0.319. The SMILES string of the molecule is COc1ccc(OC)c(-c2csc(=Nc3ccc(S(=O)(=O)N4CCOCC4)cc3)n2N=C2CCc3ccccc32)c1. The van der Waals surface area contributed by atoms with Crippen molar-refractivity contribution in [2.24, 2.45) is 10.1 Å². The van der Waals surface area contributed by atoms with Gasteiger partial charge < -0.3 is 14.2 Å². The first-order chi connectivity index (χ1) is 20.0. The average Bonchev–Trinajstić information content (AvgIpc) is 3.61. The van der Waals surface area contributed by atoms with Crippen molar-refractivity contribution in [1.82, 2.24) is 8.98 Å². The lowest BCUT2D eigenvalue weighted by Gasteiger charge is -2.26. The molecule has 2 heterocycles. The fraction of sp³-hybridized carbons (Fsp3) is 0.267. The highest BCUT2D eigenvalue weighted by Gasteiger charge is 2.26. The van der Waals surface area contributed by atoms with Gasteiger partial charge in [-0.2, -0.15) is 9.41 Å². The predicted molar refractivity (Wildman–Crippen MR) is 159 cm³/mol. The van der Waals surface area contributed by atoms with Crippen molar-refractivity contribution in [2.75, 3.05) is 40.5 Å². The second-order valence-corrected chi connectivity index (χ2v) is 12.4. The molecule has 1 fully saturated rings. The summed E-state index contributed by atoms with van der Waals surface area (Å²) in [5.41, 5.74) is 5.66. The zero-order valence-electron chi connectivity index (χ0n) is 22.8. The van der Waals surface area contributed by atoms with E-state index in [1.807, 2.05) is 34.3 Å². The standard InChI is InChI=1S/C30H30N4O5S2/c1-37-23-10-14-29(38-2)26(19-23)28-20-40-30(34(28)32-27-13-7-21-5-3-4-6-25(21)27)31-22-8-11-24(12-9-22)41(35,36)33-15-17-39-18-16-33/h3-6,8-12,14,19-20H,7,13,15-18H2,1-2H3. The molecule has 0 unspecified atom stereocenters. The Balaban J connectivity index is 1.45. The molecule has 0 N–H and O–H groups in total. The van der Waals surface area contributed by atoms with Crippen molar-refractivity contribution < 1.29 is 22.6 Å². The summed E-state index contributed by atoms with van der Waals surface area (Å²) in [4.78, 5) is 5.77. The molecule has 0 radical (unpaired) electrons. The molecular formula is C30H30N4O5S2. The van der Waals surface area contributed by atoms with E-state index in [-0.39, 0.29) is 4.90 Å². The number of benzene rings is 3. The monoisotopic (exact) mass is 590 g/mol. The number of ether oxygens (including phenoxy) is 3. The smallest absolute Gasteiger partial charge is 0.243 e. The number of rotatable bonds is 7. The zero-order chi connectivity index (χ0) is 28.4. The molecule has 212 valence electrons. The Morgan fingerprint density at radius 3 is 2.44 bits per heavy atom. The van der Waals surface area contributed by atoms with Crippen molar-refractivity contribution in [2.45, 2.75) is 17.7 Å². The molecule has 0 spiro atoms. The van der Waals surface area contributed by atoms with E-state index in [9.17, 15) is 8.42 Å². The third kappa shape index (κ3) is 5.45. The molecule has 6 rings (SSSR count). The Hall–Kier alpha value is -3.77. The normalized spacial score (nSPS) is 17.1. The van der Waals surface area contributed by atoms with Crippen molar-refractivity contribution in [3.05, 3.63) is 88.0 Å². The van der Waals surface area contributed by atoms with Crippen LogP contribution in [0.4, 0.5) is 5.69 Å². The molecule has 9 nitrogen and oxygen atoms in total. The van der Waals surface area contributed by atoms with Crippen LogP contribution in [-0.2, 0) is 21.2 Å². The number of nitrogens with zero attached hydrogens (tertiary/aromatic N) is 4. The minimum Gasteiger partial charge on any atom is -0.497 e. The van der Waals surface area contributed by atoms with Crippen LogP contribution in [0.3, 0.4) is 0 Å². The van der Waals surface area contributed by atoms with Crippen LogP contribution in [0, 0.1) is 0 Å². The van der Waals surface area contributed by atoms with Crippen molar-refractivity contribution in [3.63, 3.8) is 0 Å². The lowest BCUT2D eigenvalue weighted by molar-refractivity contribution is 0.0730. The van der Waals surface area contributed by atoms with Gasteiger partial charge in [0.1, 0.15) is 11.5 Å².